The summed E-state index contributed by atoms with van der Waals surface area (Å²) in [5.41, 5.74) is 14.0. The summed E-state index contributed by atoms with van der Waals surface area (Å²) in [6.07, 6.45) is 3.27. The third kappa shape index (κ3) is 11.7. The van der Waals surface area contributed by atoms with Crippen LogP contribution >= 0.6 is 0 Å². The molecule has 0 bridgehead atoms. The van der Waals surface area contributed by atoms with E-state index in [1.807, 2.05) is 74.5 Å². The SMILES string of the molecule is CNC(=O)N1CCC2(CC1)CN(C(=O)[C@@H](CCCCN)NC(=O)[C@@H](CC(C)C)NC(=O)[C@@H](Cc1ccccc1)NC(O)[C@H](N)Cc1ccccc1)C2. The Morgan fingerprint density at radius 3 is 1.92 bits per heavy atom. The molecule has 2 fully saturated rings. The van der Waals surface area contributed by atoms with Gasteiger partial charge in [-0.15, -0.1) is 0 Å². The molecular weight excluding hydrogens is 660 g/mol. The van der Waals surface area contributed by atoms with Gasteiger partial charge in [0, 0.05) is 44.7 Å². The number of hydrogen-bond acceptors (Lipinski definition) is 8. The number of likely N-dealkylation sites (tertiary alicyclic amines) is 2. The standard InChI is InChI=1S/C39H60N8O5/c1-27(2)22-32(45-36(50)33(24-29-14-8-5-9-15-29)44-34(48)30(41)23-28-12-6-4-7-13-28)35(49)43-31(16-10-11-19-40)37(51)47-25-39(26-47)17-20-46(21-18-39)38(52)42-3/h4-9,12-15,27,30-34,44,48H,10-11,16-26,40-41H2,1-3H3,(H,42,52)(H,43,49)(H,45,50)/t30-,31-,32-,33-,34?/m1/s1. The zero-order valence-corrected chi connectivity index (χ0v) is 31.1. The van der Waals surface area contributed by atoms with Crippen LogP contribution in [0, 0.1) is 11.3 Å². The Kier molecular flexibility index (Phi) is 15.4. The second kappa shape index (κ2) is 19.7. The summed E-state index contributed by atoms with van der Waals surface area (Å²) in [6.45, 7) is 6.88. The first kappa shape index (κ1) is 40.7. The Morgan fingerprint density at radius 1 is 0.808 bits per heavy atom. The van der Waals surface area contributed by atoms with E-state index < -0.39 is 42.2 Å². The van der Waals surface area contributed by atoms with Gasteiger partial charge in [0.25, 0.3) is 0 Å². The van der Waals surface area contributed by atoms with Gasteiger partial charge in [-0.05, 0) is 75.0 Å². The molecule has 9 N–H and O–H groups in total. The van der Waals surface area contributed by atoms with E-state index in [4.69, 9.17) is 11.5 Å². The molecule has 13 nitrogen and oxygen atoms in total. The number of unbranched alkanes of at least 4 members (excludes halogenated alkanes) is 1. The van der Waals surface area contributed by atoms with Crippen LogP contribution < -0.4 is 32.7 Å². The summed E-state index contributed by atoms with van der Waals surface area (Å²) < 4.78 is 0. The lowest BCUT2D eigenvalue weighted by molar-refractivity contribution is -0.150. The van der Waals surface area contributed by atoms with Crippen molar-refractivity contribution < 1.29 is 24.3 Å². The molecule has 13 heteroatoms. The Labute approximate surface area is 308 Å². The minimum Gasteiger partial charge on any atom is -0.377 e. The van der Waals surface area contributed by atoms with E-state index in [9.17, 15) is 24.3 Å². The second-order valence-electron chi connectivity index (χ2n) is 15.0. The quantitative estimate of drug-likeness (QED) is 0.0889. The molecule has 52 heavy (non-hydrogen) atoms. The van der Waals surface area contributed by atoms with Gasteiger partial charge in [-0.3, -0.25) is 19.7 Å². The number of benzene rings is 2. The van der Waals surface area contributed by atoms with Gasteiger partial charge in [-0.1, -0.05) is 74.5 Å². The summed E-state index contributed by atoms with van der Waals surface area (Å²) in [4.78, 5) is 57.5. The molecule has 286 valence electrons. The molecule has 2 aromatic rings. The lowest BCUT2D eigenvalue weighted by atomic mass is 9.71. The van der Waals surface area contributed by atoms with Crippen molar-refractivity contribution in [3.05, 3.63) is 71.8 Å². The van der Waals surface area contributed by atoms with Gasteiger partial charge in [-0.2, -0.15) is 0 Å². The normalized spacial score (nSPS) is 18.1. The molecule has 1 unspecified atom stereocenters. The Hall–Kier alpha value is -4.04. The molecule has 4 rings (SSSR count). The van der Waals surface area contributed by atoms with Crippen LogP contribution in [0.25, 0.3) is 0 Å². The first-order valence-corrected chi connectivity index (χ1v) is 18.8. The highest BCUT2D eigenvalue weighted by Crippen LogP contribution is 2.40. The van der Waals surface area contributed by atoms with E-state index in [1.54, 1.807) is 16.8 Å². The van der Waals surface area contributed by atoms with Gasteiger partial charge >= 0.3 is 6.03 Å². The highest BCUT2D eigenvalue weighted by molar-refractivity contribution is 5.93. The fourth-order valence-electron chi connectivity index (χ4n) is 7.20. The van der Waals surface area contributed by atoms with Crippen molar-refractivity contribution in [1.82, 2.24) is 31.1 Å². The smallest absolute Gasteiger partial charge is 0.317 e. The molecule has 2 saturated heterocycles. The topological polar surface area (TPSA) is 195 Å². The minimum absolute atomic E-state index is 0.0187. The number of aliphatic hydroxyl groups is 1. The van der Waals surface area contributed by atoms with Crippen LogP contribution in [0.5, 0.6) is 0 Å². The molecule has 2 heterocycles. The third-order valence-electron chi connectivity index (χ3n) is 10.3. The van der Waals surface area contributed by atoms with Gasteiger partial charge in [0.2, 0.25) is 17.7 Å². The van der Waals surface area contributed by atoms with Crippen LogP contribution in [0.2, 0.25) is 0 Å². The number of nitrogens with one attached hydrogen (secondary N) is 4. The van der Waals surface area contributed by atoms with Crippen LogP contribution in [-0.4, -0.2) is 109 Å². The average molecular weight is 721 g/mol. The maximum Gasteiger partial charge on any atom is 0.317 e. The van der Waals surface area contributed by atoms with E-state index >= 15 is 0 Å². The van der Waals surface area contributed by atoms with Crippen LogP contribution in [-0.2, 0) is 27.2 Å². The maximum absolute atomic E-state index is 14.0. The number of amides is 5. The van der Waals surface area contributed by atoms with Crippen LogP contribution in [0.3, 0.4) is 0 Å². The molecule has 1 spiro atoms. The van der Waals surface area contributed by atoms with Crippen LogP contribution in [0.15, 0.2) is 60.7 Å². The van der Waals surface area contributed by atoms with E-state index in [0.717, 1.165) is 24.0 Å². The fourth-order valence-corrected chi connectivity index (χ4v) is 7.20. The molecule has 5 amide bonds. The first-order chi connectivity index (χ1) is 24.9. The number of hydrogen-bond donors (Lipinski definition) is 7. The molecule has 0 aromatic heterocycles. The molecular formula is C39H60N8O5. The number of carbonyl (C=O) groups is 4. The number of piperidine rings is 1. The number of carbonyl (C=O) groups excluding carboxylic acids is 4. The molecule has 2 aliphatic rings. The monoisotopic (exact) mass is 720 g/mol. The van der Waals surface area contributed by atoms with Gasteiger partial charge in [0.1, 0.15) is 18.3 Å². The summed E-state index contributed by atoms with van der Waals surface area (Å²) in [5.74, 6) is -0.960. The average Bonchev–Trinajstić information content (AvgIpc) is 3.12. The molecule has 2 aromatic carbocycles. The van der Waals surface area contributed by atoms with Crippen molar-refractivity contribution in [3.63, 3.8) is 0 Å². The van der Waals surface area contributed by atoms with E-state index in [2.05, 4.69) is 21.3 Å². The van der Waals surface area contributed by atoms with Crippen LogP contribution in [0.1, 0.15) is 63.5 Å². The Balaban J connectivity index is 1.43. The number of nitrogens with zero attached hydrogens (tertiary/aromatic N) is 2. The first-order valence-electron chi connectivity index (χ1n) is 18.8. The molecule has 0 aliphatic carbocycles. The largest absolute Gasteiger partial charge is 0.377 e. The zero-order chi connectivity index (χ0) is 37.7. The van der Waals surface area contributed by atoms with Crippen molar-refractivity contribution in [3.8, 4) is 0 Å². The van der Waals surface area contributed by atoms with E-state index in [0.29, 0.717) is 64.8 Å². The van der Waals surface area contributed by atoms with Gasteiger partial charge in [-0.25, -0.2) is 4.79 Å². The van der Waals surface area contributed by atoms with E-state index in [-0.39, 0.29) is 29.7 Å². The summed E-state index contributed by atoms with van der Waals surface area (Å²) in [6, 6.07) is 15.7. The minimum atomic E-state index is -1.20. The highest BCUT2D eigenvalue weighted by Gasteiger charge is 2.48. The predicted octanol–water partition coefficient (Wildman–Crippen LogP) is 1.48. The number of urea groups is 1. The Bertz CT molecular complexity index is 1430. The zero-order valence-electron chi connectivity index (χ0n) is 31.1. The van der Waals surface area contributed by atoms with Gasteiger partial charge in [0.05, 0.1) is 6.04 Å². The summed E-state index contributed by atoms with van der Waals surface area (Å²) in [7, 11) is 1.63. The molecule has 0 radical (unpaired) electrons. The third-order valence-corrected chi connectivity index (χ3v) is 10.3. The number of aliphatic hydroxyl groups excluding tert-OH is 1. The van der Waals surface area contributed by atoms with Crippen molar-refractivity contribution in [2.24, 2.45) is 22.8 Å². The van der Waals surface area contributed by atoms with Crippen molar-refractivity contribution in [2.75, 3.05) is 39.8 Å². The fraction of sp³-hybridized carbons (Fsp3) is 0.590. The maximum atomic E-state index is 14.0. The number of rotatable bonds is 18. The summed E-state index contributed by atoms with van der Waals surface area (Å²) >= 11 is 0. The van der Waals surface area contributed by atoms with Crippen LogP contribution in [0.4, 0.5) is 4.79 Å². The van der Waals surface area contributed by atoms with Crippen molar-refractivity contribution in [2.45, 2.75) is 95.6 Å². The molecule has 0 saturated carbocycles. The predicted molar refractivity (Wildman–Crippen MR) is 202 cm³/mol. The highest BCUT2D eigenvalue weighted by atomic mass is 16.3. The van der Waals surface area contributed by atoms with Gasteiger partial charge in [0.15, 0.2) is 0 Å². The summed E-state index contributed by atoms with van der Waals surface area (Å²) in [5, 5.41) is 22.8. The second-order valence-corrected chi connectivity index (χ2v) is 15.0. The lowest BCUT2D eigenvalue weighted by Gasteiger charge is -2.54. The van der Waals surface area contributed by atoms with Crippen molar-refractivity contribution >= 4 is 23.8 Å². The molecule has 5 atom stereocenters. The Morgan fingerprint density at radius 2 is 1.37 bits per heavy atom. The number of nitrogens with two attached hydrogens (primary N) is 2. The van der Waals surface area contributed by atoms with Crippen molar-refractivity contribution in [1.29, 1.82) is 0 Å². The van der Waals surface area contributed by atoms with Gasteiger partial charge < -0.3 is 42.3 Å². The lowest BCUT2D eigenvalue weighted by Crippen LogP contribution is -2.66. The molecule has 2 aliphatic heterocycles. The van der Waals surface area contributed by atoms with E-state index in [1.165, 1.54) is 0 Å².